The number of carbonyl (C=O) groups excluding carboxylic acids is 3. The highest BCUT2D eigenvalue weighted by Gasteiger charge is 2.40. The molecule has 1 aliphatic heterocycles. The number of hydrogen-bond acceptors (Lipinski definition) is 10. The third kappa shape index (κ3) is 5.59. The van der Waals surface area contributed by atoms with E-state index in [4.69, 9.17) is 15.7 Å². The number of carbonyl (C=O) groups is 3. The van der Waals surface area contributed by atoms with Crippen LogP contribution in [-0.4, -0.2) is 95.0 Å². The third-order valence-electron chi connectivity index (χ3n) is 9.02. The minimum absolute atomic E-state index is 0.0174. The molecule has 5 aromatic rings. The molecule has 1 saturated carbocycles. The van der Waals surface area contributed by atoms with E-state index in [1.807, 2.05) is 17.0 Å². The first kappa shape index (κ1) is 32.0. The lowest BCUT2D eigenvalue weighted by Gasteiger charge is -2.50. The van der Waals surface area contributed by atoms with E-state index in [1.54, 1.807) is 48.3 Å². The van der Waals surface area contributed by atoms with E-state index in [2.05, 4.69) is 41.5 Å². The van der Waals surface area contributed by atoms with Gasteiger partial charge in [0.1, 0.15) is 11.2 Å². The van der Waals surface area contributed by atoms with Gasteiger partial charge in [-0.15, -0.1) is 10.2 Å². The van der Waals surface area contributed by atoms with Crippen molar-refractivity contribution >= 4 is 72.4 Å². The van der Waals surface area contributed by atoms with E-state index in [9.17, 15) is 19.2 Å². The molecule has 7 rings (SSSR count). The zero-order chi connectivity index (χ0) is 34.6. The van der Waals surface area contributed by atoms with Gasteiger partial charge in [-0.05, 0) is 36.4 Å². The maximum atomic E-state index is 14.0. The average molecular weight is 655 g/mol. The molecule has 2 fully saturated rings. The van der Waals surface area contributed by atoms with Crippen molar-refractivity contribution in [1.82, 2.24) is 45.1 Å². The number of likely N-dealkylation sites (tertiary alicyclic amines) is 1. The molecule has 0 spiro atoms. The molecule has 4 aromatic heterocycles. The second-order valence-electron chi connectivity index (χ2n) is 12.2. The van der Waals surface area contributed by atoms with Crippen molar-refractivity contribution < 1.29 is 14.4 Å². The Morgan fingerprint density at radius 2 is 1.65 bits per heavy atom. The van der Waals surface area contributed by atoms with Crippen LogP contribution in [0.25, 0.3) is 21.8 Å². The number of para-hydroxylation sites is 1. The summed E-state index contributed by atoms with van der Waals surface area (Å²) in [5.41, 5.74) is 2.09. The number of anilines is 3. The summed E-state index contributed by atoms with van der Waals surface area (Å²) >= 11 is 0. The Labute approximate surface area is 282 Å². The predicted molar refractivity (Wildman–Crippen MR) is 184 cm³/mol. The molecule has 49 heavy (non-hydrogen) atoms. The van der Waals surface area contributed by atoms with Gasteiger partial charge in [0.2, 0.25) is 5.91 Å². The van der Waals surface area contributed by atoms with Crippen molar-refractivity contribution in [1.29, 1.82) is 0 Å². The molecule has 2 aliphatic rings. The van der Waals surface area contributed by atoms with Gasteiger partial charge in [-0.1, -0.05) is 18.2 Å². The number of nitrogens with one attached hydrogen (secondary N) is 4. The van der Waals surface area contributed by atoms with Crippen molar-refractivity contribution in [3.05, 3.63) is 76.1 Å². The van der Waals surface area contributed by atoms with E-state index in [0.29, 0.717) is 46.6 Å². The van der Waals surface area contributed by atoms with Gasteiger partial charge in [-0.25, -0.2) is 4.98 Å². The molecule has 244 valence electrons. The molecule has 4 radical (unpaired) electrons. The first-order chi connectivity index (χ1) is 23.5. The predicted octanol–water partition coefficient (Wildman–Crippen LogP) is 0.889. The Morgan fingerprint density at radius 3 is 2.37 bits per heavy atom. The summed E-state index contributed by atoms with van der Waals surface area (Å²) in [6.07, 6.45) is 3.30. The zero-order valence-corrected chi connectivity index (χ0v) is 27.0. The topological polar surface area (TPSA) is 181 Å². The molecular formula is C32H31B2N11O4. The molecule has 1 saturated heterocycles. The summed E-state index contributed by atoms with van der Waals surface area (Å²) in [5, 5.41) is 23.8. The standard InChI is InChI=1S/C32H31B2N11O4/c1-35-29(47)21-8-5-9-23(39-21)32(33,34)44-14-17(15-44)45-27-19(13-37-45)18-6-4-7-20(26(18)43(3)31(27)49)38-22-12-24(40-28(46)16-10-11-16)41-42-25(22)30(48)36-2/h4-9,12-13,16-17H,10-11,14-15H2,1-3H3,(H,35,47)(H,36,48)(H2,38,40,41,46). The van der Waals surface area contributed by atoms with Gasteiger partial charge in [0.25, 0.3) is 17.4 Å². The highest BCUT2D eigenvalue weighted by molar-refractivity contribution is 6.39. The van der Waals surface area contributed by atoms with Gasteiger partial charge in [-0.2, -0.15) is 5.10 Å². The lowest BCUT2D eigenvalue weighted by Crippen LogP contribution is -2.60. The second-order valence-corrected chi connectivity index (χ2v) is 12.2. The van der Waals surface area contributed by atoms with E-state index >= 15 is 0 Å². The molecule has 3 amide bonds. The number of amides is 3. The summed E-state index contributed by atoms with van der Waals surface area (Å²) in [6, 6.07) is 11.8. The number of aryl methyl sites for hydroxylation is 1. The molecule has 17 heteroatoms. The second kappa shape index (κ2) is 12.1. The molecular weight excluding hydrogens is 624 g/mol. The van der Waals surface area contributed by atoms with Crippen LogP contribution in [0.15, 0.2) is 53.5 Å². The molecule has 0 unspecified atom stereocenters. The number of aromatic nitrogens is 6. The fourth-order valence-corrected chi connectivity index (χ4v) is 6.07. The summed E-state index contributed by atoms with van der Waals surface area (Å²) < 4.78 is 3.23. The van der Waals surface area contributed by atoms with Crippen LogP contribution in [-0.2, 0) is 17.2 Å². The molecule has 1 aromatic carbocycles. The number of rotatable bonds is 9. The van der Waals surface area contributed by atoms with E-state index in [-0.39, 0.29) is 46.5 Å². The number of hydrogen-bond donors (Lipinski definition) is 4. The Hall–Kier alpha value is -5.57. The number of fused-ring (bicyclic) bond motifs is 3. The maximum Gasteiger partial charge on any atom is 0.277 e. The summed E-state index contributed by atoms with van der Waals surface area (Å²) in [6.45, 7) is 0.769. The summed E-state index contributed by atoms with van der Waals surface area (Å²) in [4.78, 5) is 57.4. The lowest BCUT2D eigenvalue weighted by molar-refractivity contribution is -0.117. The molecule has 0 atom stereocenters. The molecule has 1 aliphatic carbocycles. The fraction of sp³-hybridized carbons (Fsp3) is 0.312. The summed E-state index contributed by atoms with van der Waals surface area (Å²) in [7, 11) is 17.7. The average Bonchev–Trinajstić information content (AvgIpc) is 3.85. The van der Waals surface area contributed by atoms with Crippen molar-refractivity contribution in [2.45, 2.75) is 24.2 Å². The van der Waals surface area contributed by atoms with Crippen molar-refractivity contribution in [3.63, 3.8) is 0 Å². The van der Waals surface area contributed by atoms with Crippen LogP contribution in [0.4, 0.5) is 17.2 Å². The largest absolute Gasteiger partial charge is 0.354 e. The van der Waals surface area contributed by atoms with E-state index in [1.165, 1.54) is 18.7 Å². The van der Waals surface area contributed by atoms with Crippen LogP contribution >= 0.6 is 0 Å². The molecule has 0 bridgehead atoms. The lowest BCUT2D eigenvalue weighted by atomic mass is 9.57. The Bertz CT molecular complexity index is 2220. The van der Waals surface area contributed by atoms with Gasteiger partial charge in [-0.3, -0.25) is 23.9 Å². The van der Waals surface area contributed by atoms with E-state index < -0.39 is 11.2 Å². The Kier molecular flexibility index (Phi) is 7.93. The van der Waals surface area contributed by atoms with Crippen molar-refractivity contribution in [3.8, 4) is 0 Å². The van der Waals surface area contributed by atoms with Crippen molar-refractivity contribution in [2.24, 2.45) is 13.0 Å². The van der Waals surface area contributed by atoms with Gasteiger partial charge in [0, 0.05) is 62.7 Å². The highest BCUT2D eigenvalue weighted by Crippen LogP contribution is 2.36. The Morgan fingerprint density at radius 1 is 0.918 bits per heavy atom. The van der Waals surface area contributed by atoms with Gasteiger partial charge in [0.15, 0.2) is 11.5 Å². The Balaban J connectivity index is 1.20. The smallest absolute Gasteiger partial charge is 0.277 e. The SMILES string of the molecule is [B]C([B])(c1cccc(C(=O)NC)n1)N1CC(n2ncc3c4cccc(Nc5cc(NC(=O)C6CC6)nnc5C(=O)NC)c4n(C)c(=O)c32)C1. The number of nitrogens with zero attached hydrogens (tertiary/aromatic N) is 7. The summed E-state index contributed by atoms with van der Waals surface area (Å²) in [5.74, 6) is -0.821. The van der Waals surface area contributed by atoms with Crippen molar-refractivity contribution in [2.75, 3.05) is 37.8 Å². The van der Waals surface area contributed by atoms with Crippen LogP contribution < -0.4 is 26.8 Å². The van der Waals surface area contributed by atoms with E-state index in [0.717, 1.165) is 18.2 Å². The monoisotopic (exact) mass is 655 g/mol. The normalized spacial score (nSPS) is 15.2. The molecule has 15 nitrogen and oxygen atoms in total. The van der Waals surface area contributed by atoms with Gasteiger partial charge >= 0.3 is 0 Å². The van der Waals surface area contributed by atoms with Gasteiger partial charge in [0.05, 0.1) is 44.8 Å². The quantitative estimate of drug-likeness (QED) is 0.167. The van der Waals surface area contributed by atoms with Gasteiger partial charge < -0.3 is 30.7 Å². The number of pyridine rings is 2. The highest BCUT2D eigenvalue weighted by atomic mass is 16.2. The maximum absolute atomic E-state index is 14.0. The first-order valence-corrected chi connectivity index (χ1v) is 15.7. The van der Waals surface area contributed by atoms with Crippen LogP contribution in [0, 0.1) is 5.92 Å². The third-order valence-corrected chi connectivity index (χ3v) is 9.02. The molecule has 4 N–H and O–H groups in total. The number of benzene rings is 1. The fourth-order valence-electron chi connectivity index (χ4n) is 6.07. The molecule has 5 heterocycles. The van der Waals surface area contributed by atoms with Crippen LogP contribution in [0.2, 0.25) is 0 Å². The first-order valence-electron chi connectivity index (χ1n) is 15.7. The zero-order valence-electron chi connectivity index (χ0n) is 27.0. The minimum Gasteiger partial charge on any atom is -0.354 e. The van der Waals surface area contributed by atoms with Crippen LogP contribution in [0.1, 0.15) is 45.6 Å². The van der Waals surface area contributed by atoms with Crippen LogP contribution in [0.5, 0.6) is 0 Å². The minimum atomic E-state index is -1.46. The van der Waals surface area contributed by atoms with Crippen LogP contribution in [0.3, 0.4) is 0 Å².